The van der Waals surface area contributed by atoms with E-state index in [0.29, 0.717) is 6.61 Å². The Balaban J connectivity index is 1.78. The fraction of sp³-hybridized carbons (Fsp3) is 0.200. The Morgan fingerprint density at radius 3 is 2.35 bits per heavy atom. The van der Waals surface area contributed by atoms with Crippen LogP contribution in [0, 0.1) is 0 Å². The predicted octanol–water partition coefficient (Wildman–Crippen LogP) is 4.71. The van der Waals surface area contributed by atoms with Crippen LogP contribution in [0.25, 0.3) is 0 Å². The highest BCUT2D eigenvalue weighted by Crippen LogP contribution is 2.26. The van der Waals surface area contributed by atoms with Crippen LogP contribution in [0.4, 0.5) is 5.69 Å². The number of rotatable bonds is 6. The Labute approximate surface area is 135 Å². The lowest BCUT2D eigenvalue weighted by atomic mass is 10.3. The summed E-state index contributed by atoms with van der Waals surface area (Å²) in [6.45, 7) is 1.32. The minimum Gasteiger partial charge on any atom is -0.497 e. The molecule has 0 amide bonds. The summed E-state index contributed by atoms with van der Waals surface area (Å²) in [4.78, 5) is 0. The molecule has 0 saturated heterocycles. The standard InChI is InChI=1S/C15H15Br2NO2/c1-19-12-3-5-13(6-4-12)20-9-8-18-15-7-2-11(16)10-14(15)17/h2-7,10,18H,8-9H2,1H3. The lowest BCUT2D eigenvalue weighted by Gasteiger charge is -2.10. The molecule has 0 aromatic heterocycles. The van der Waals surface area contributed by atoms with Gasteiger partial charge in [0.15, 0.2) is 0 Å². The highest BCUT2D eigenvalue weighted by Gasteiger charge is 2.00. The van der Waals surface area contributed by atoms with Gasteiger partial charge in [-0.25, -0.2) is 0 Å². The van der Waals surface area contributed by atoms with Crippen molar-refractivity contribution in [2.45, 2.75) is 0 Å². The van der Waals surface area contributed by atoms with Crippen molar-refractivity contribution in [1.82, 2.24) is 0 Å². The maximum Gasteiger partial charge on any atom is 0.119 e. The fourth-order valence-electron chi connectivity index (χ4n) is 1.66. The van der Waals surface area contributed by atoms with Crippen LogP contribution in [-0.4, -0.2) is 20.3 Å². The molecule has 3 nitrogen and oxygen atoms in total. The monoisotopic (exact) mass is 399 g/mol. The first-order valence-electron chi connectivity index (χ1n) is 6.15. The van der Waals surface area contributed by atoms with Crippen molar-refractivity contribution in [3.8, 4) is 11.5 Å². The predicted molar refractivity (Wildman–Crippen MR) is 88.8 cm³/mol. The van der Waals surface area contributed by atoms with Crippen LogP contribution in [0.1, 0.15) is 0 Å². The van der Waals surface area contributed by atoms with Gasteiger partial charge in [-0.3, -0.25) is 0 Å². The van der Waals surface area contributed by atoms with Crippen molar-refractivity contribution >= 4 is 37.5 Å². The van der Waals surface area contributed by atoms with Gasteiger partial charge in [-0.2, -0.15) is 0 Å². The van der Waals surface area contributed by atoms with E-state index < -0.39 is 0 Å². The van der Waals surface area contributed by atoms with Gasteiger partial charge in [0.25, 0.3) is 0 Å². The third-order valence-electron chi connectivity index (χ3n) is 2.68. The van der Waals surface area contributed by atoms with Gasteiger partial charge >= 0.3 is 0 Å². The smallest absolute Gasteiger partial charge is 0.119 e. The molecule has 1 N–H and O–H groups in total. The molecule has 0 spiro atoms. The van der Waals surface area contributed by atoms with Crippen LogP contribution in [0.5, 0.6) is 11.5 Å². The molecule has 5 heteroatoms. The first-order chi connectivity index (χ1) is 9.69. The van der Waals surface area contributed by atoms with Gasteiger partial charge in [0.2, 0.25) is 0 Å². The Hall–Kier alpha value is -1.20. The van der Waals surface area contributed by atoms with Crippen molar-refractivity contribution in [1.29, 1.82) is 0 Å². The first kappa shape index (κ1) is 15.2. The van der Waals surface area contributed by atoms with E-state index in [2.05, 4.69) is 37.2 Å². The van der Waals surface area contributed by atoms with E-state index >= 15 is 0 Å². The summed E-state index contributed by atoms with van der Waals surface area (Å²) in [5, 5.41) is 3.32. The van der Waals surface area contributed by atoms with Crippen molar-refractivity contribution in [3.05, 3.63) is 51.4 Å². The summed E-state index contributed by atoms with van der Waals surface area (Å²) in [7, 11) is 1.65. The van der Waals surface area contributed by atoms with Gasteiger partial charge in [-0.1, -0.05) is 15.9 Å². The number of halogens is 2. The van der Waals surface area contributed by atoms with Crippen LogP contribution < -0.4 is 14.8 Å². The van der Waals surface area contributed by atoms with Crippen molar-refractivity contribution in [2.24, 2.45) is 0 Å². The molecule has 2 aromatic carbocycles. The summed E-state index contributed by atoms with van der Waals surface area (Å²) < 4.78 is 12.8. The van der Waals surface area contributed by atoms with Crippen LogP contribution in [-0.2, 0) is 0 Å². The second kappa shape index (κ2) is 7.55. The SMILES string of the molecule is COc1ccc(OCCNc2ccc(Br)cc2Br)cc1. The molecule has 2 rings (SSSR count). The maximum atomic E-state index is 5.65. The van der Waals surface area contributed by atoms with Crippen LogP contribution in [0.2, 0.25) is 0 Å². The zero-order chi connectivity index (χ0) is 14.4. The molecule has 0 saturated carbocycles. The third-order valence-corrected chi connectivity index (χ3v) is 3.83. The van der Waals surface area contributed by atoms with Crippen molar-refractivity contribution in [3.63, 3.8) is 0 Å². The van der Waals surface area contributed by atoms with E-state index in [1.165, 1.54) is 0 Å². The van der Waals surface area contributed by atoms with Gasteiger partial charge in [0.1, 0.15) is 18.1 Å². The number of anilines is 1. The number of nitrogens with one attached hydrogen (secondary N) is 1. The molecule has 0 atom stereocenters. The van der Waals surface area contributed by atoms with E-state index in [9.17, 15) is 0 Å². The summed E-state index contributed by atoms with van der Waals surface area (Å²) in [6, 6.07) is 13.6. The van der Waals surface area contributed by atoms with Gasteiger partial charge in [-0.05, 0) is 58.4 Å². The molecule has 20 heavy (non-hydrogen) atoms. The Morgan fingerprint density at radius 2 is 1.70 bits per heavy atom. The number of ether oxygens (including phenoxy) is 2. The number of hydrogen-bond acceptors (Lipinski definition) is 3. The summed E-state index contributed by atoms with van der Waals surface area (Å²) in [6.07, 6.45) is 0. The molecule has 0 radical (unpaired) electrons. The highest BCUT2D eigenvalue weighted by molar-refractivity contribution is 9.11. The quantitative estimate of drug-likeness (QED) is 0.712. The average Bonchev–Trinajstić information content (AvgIpc) is 2.46. The molecule has 0 bridgehead atoms. The molecular weight excluding hydrogens is 386 g/mol. The van der Waals surface area contributed by atoms with Gasteiger partial charge in [-0.15, -0.1) is 0 Å². The summed E-state index contributed by atoms with van der Waals surface area (Å²) >= 11 is 6.94. The Kier molecular flexibility index (Phi) is 5.73. The van der Waals surface area contributed by atoms with Gasteiger partial charge in [0.05, 0.1) is 7.11 Å². The first-order valence-corrected chi connectivity index (χ1v) is 7.73. The zero-order valence-electron chi connectivity index (χ0n) is 11.0. The molecule has 0 fully saturated rings. The fourth-order valence-corrected chi connectivity index (χ4v) is 2.85. The van der Waals surface area contributed by atoms with Gasteiger partial charge < -0.3 is 14.8 Å². The summed E-state index contributed by atoms with van der Waals surface area (Å²) in [5.41, 5.74) is 1.05. The van der Waals surface area contributed by atoms with E-state index in [-0.39, 0.29) is 0 Å². The molecular formula is C15H15Br2NO2. The van der Waals surface area contributed by atoms with Crippen LogP contribution in [0.15, 0.2) is 51.4 Å². The molecule has 2 aromatic rings. The minimum absolute atomic E-state index is 0.592. The minimum atomic E-state index is 0.592. The second-order valence-corrected chi connectivity index (χ2v) is 5.84. The lowest BCUT2D eigenvalue weighted by molar-refractivity contribution is 0.331. The number of hydrogen-bond donors (Lipinski definition) is 1. The third kappa shape index (κ3) is 4.42. The molecule has 0 aliphatic rings. The topological polar surface area (TPSA) is 30.5 Å². The maximum absolute atomic E-state index is 5.65. The molecule has 0 unspecified atom stereocenters. The lowest BCUT2D eigenvalue weighted by Crippen LogP contribution is -2.11. The molecule has 0 aliphatic heterocycles. The Morgan fingerprint density at radius 1 is 1.00 bits per heavy atom. The molecule has 0 heterocycles. The van der Waals surface area contributed by atoms with Crippen molar-refractivity contribution < 1.29 is 9.47 Å². The van der Waals surface area contributed by atoms with E-state index in [0.717, 1.165) is 32.7 Å². The van der Waals surface area contributed by atoms with Crippen LogP contribution >= 0.6 is 31.9 Å². The summed E-state index contributed by atoms with van der Waals surface area (Å²) in [5.74, 6) is 1.66. The number of benzene rings is 2. The van der Waals surface area contributed by atoms with Gasteiger partial charge in [0, 0.05) is 21.2 Å². The molecule has 0 aliphatic carbocycles. The second-order valence-electron chi connectivity index (χ2n) is 4.07. The highest BCUT2D eigenvalue weighted by atomic mass is 79.9. The molecule has 106 valence electrons. The normalized spacial score (nSPS) is 10.2. The average molecular weight is 401 g/mol. The number of methoxy groups -OCH3 is 1. The van der Waals surface area contributed by atoms with Crippen molar-refractivity contribution in [2.75, 3.05) is 25.6 Å². The largest absolute Gasteiger partial charge is 0.497 e. The van der Waals surface area contributed by atoms with E-state index in [1.807, 2.05) is 42.5 Å². The van der Waals surface area contributed by atoms with Crippen LogP contribution in [0.3, 0.4) is 0 Å². The van der Waals surface area contributed by atoms with E-state index in [1.54, 1.807) is 7.11 Å². The van der Waals surface area contributed by atoms with E-state index in [4.69, 9.17) is 9.47 Å². The Bertz CT molecular complexity index is 558. The zero-order valence-corrected chi connectivity index (χ0v) is 14.2.